The second kappa shape index (κ2) is 16.1. The Morgan fingerprint density at radius 1 is 1.02 bits per heavy atom. The van der Waals surface area contributed by atoms with E-state index < -0.39 is 35.0 Å². The SMILES string of the molecule is CCCN(CCC)C(=O)C1=CC(C)=CC(C(N)=O)([C@H](Cc2cc(F)cc(F)c2)[C@@H](O)CNCc2cccc(-c3cc(C)ccn3)c2)C1. The molecule has 1 unspecified atom stereocenters. The molecule has 47 heavy (non-hydrogen) atoms. The van der Waals surface area contributed by atoms with Crippen LogP contribution in [0.4, 0.5) is 8.78 Å². The van der Waals surface area contributed by atoms with Crippen LogP contribution >= 0.6 is 0 Å². The number of aromatic nitrogens is 1. The zero-order valence-electron chi connectivity index (χ0n) is 27.7. The Bertz CT molecular complexity index is 1610. The van der Waals surface area contributed by atoms with Gasteiger partial charge in [-0.05, 0) is 86.6 Å². The molecule has 2 amide bonds. The fourth-order valence-electron chi connectivity index (χ4n) is 6.60. The van der Waals surface area contributed by atoms with Crippen molar-refractivity contribution in [3.8, 4) is 11.3 Å². The van der Waals surface area contributed by atoms with Gasteiger partial charge in [-0.3, -0.25) is 14.6 Å². The van der Waals surface area contributed by atoms with Gasteiger partial charge in [0.25, 0.3) is 0 Å². The second-order valence-electron chi connectivity index (χ2n) is 12.6. The van der Waals surface area contributed by atoms with E-state index >= 15 is 0 Å². The highest BCUT2D eigenvalue weighted by Gasteiger charge is 2.48. The summed E-state index contributed by atoms with van der Waals surface area (Å²) in [6.07, 6.45) is 5.54. The highest BCUT2D eigenvalue weighted by atomic mass is 19.1. The summed E-state index contributed by atoms with van der Waals surface area (Å²) < 4.78 is 28.7. The van der Waals surface area contributed by atoms with Gasteiger partial charge in [-0.1, -0.05) is 49.8 Å². The molecule has 1 heterocycles. The molecule has 0 fully saturated rings. The minimum Gasteiger partial charge on any atom is -0.391 e. The summed E-state index contributed by atoms with van der Waals surface area (Å²) in [6, 6.07) is 15.0. The number of carbonyl (C=O) groups excluding carboxylic acids is 2. The zero-order chi connectivity index (χ0) is 34.1. The molecular formula is C38H46F2N4O3. The molecule has 7 nitrogen and oxygen atoms in total. The molecule has 4 N–H and O–H groups in total. The van der Waals surface area contributed by atoms with Crippen LogP contribution in [0.1, 0.15) is 56.7 Å². The summed E-state index contributed by atoms with van der Waals surface area (Å²) >= 11 is 0. The minimum absolute atomic E-state index is 0.0342. The quantitative estimate of drug-likeness (QED) is 0.187. The number of nitrogens with one attached hydrogen (secondary N) is 1. The van der Waals surface area contributed by atoms with Crippen LogP contribution in [0.25, 0.3) is 11.3 Å². The van der Waals surface area contributed by atoms with Gasteiger partial charge in [0, 0.05) is 55.5 Å². The van der Waals surface area contributed by atoms with Crippen LogP contribution < -0.4 is 11.1 Å². The monoisotopic (exact) mass is 644 g/mol. The van der Waals surface area contributed by atoms with Gasteiger partial charge in [0.05, 0.1) is 17.2 Å². The van der Waals surface area contributed by atoms with Crippen molar-refractivity contribution in [2.75, 3.05) is 19.6 Å². The van der Waals surface area contributed by atoms with Crippen molar-refractivity contribution in [3.63, 3.8) is 0 Å². The first-order chi connectivity index (χ1) is 22.4. The van der Waals surface area contributed by atoms with E-state index in [1.807, 2.05) is 57.2 Å². The maximum Gasteiger partial charge on any atom is 0.249 e. The molecule has 0 spiro atoms. The van der Waals surface area contributed by atoms with E-state index in [1.165, 1.54) is 12.1 Å². The number of nitrogens with zero attached hydrogens (tertiary/aromatic N) is 2. The molecular weight excluding hydrogens is 598 g/mol. The normalized spacial score (nSPS) is 17.4. The lowest BCUT2D eigenvalue weighted by molar-refractivity contribution is -0.132. The van der Waals surface area contributed by atoms with Gasteiger partial charge in [0.15, 0.2) is 0 Å². The molecule has 0 saturated carbocycles. The van der Waals surface area contributed by atoms with Crippen molar-refractivity contribution in [3.05, 3.63) is 112 Å². The number of nitrogens with two attached hydrogens (primary N) is 1. The largest absolute Gasteiger partial charge is 0.391 e. The van der Waals surface area contributed by atoms with E-state index in [4.69, 9.17) is 5.73 Å². The first-order valence-electron chi connectivity index (χ1n) is 16.3. The molecule has 9 heteroatoms. The molecule has 1 aliphatic carbocycles. The van der Waals surface area contributed by atoms with E-state index in [-0.39, 0.29) is 30.9 Å². The number of benzene rings is 2. The first-order valence-corrected chi connectivity index (χ1v) is 16.3. The molecule has 0 radical (unpaired) electrons. The first kappa shape index (κ1) is 35.6. The van der Waals surface area contributed by atoms with E-state index in [2.05, 4.69) is 10.3 Å². The Balaban J connectivity index is 1.63. The predicted octanol–water partition coefficient (Wildman–Crippen LogP) is 6.04. The number of carbonyl (C=O) groups is 2. The van der Waals surface area contributed by atoms with Crippen molar-refractivity contribution >= 4 is 11.8 Å². The van der Waals surface area contributed by atoms with Gasteiger partial charge in [-0.15, -0.1) is 0 Å². The average Bonchev–Trinajstić information content (AvgIpc) is 3.02. The maximum atomic E-state index is 14.3. The third-order valence-corrected chi connectivity index (χ3v) is 8.70. The molecule has 0 bridgehead atoms. The molecule has 2 aromatic carbocycles. The average molecular weight is 645 g/mol. The Labute approximate surface area is 276 Å². The smallest absolute Gasteiger partial charge is 0.249 e. The maximum absolute atomic E-state index is 14.3. The molecule has 250 valence electrons. The fraction of sp³-hybridized carbons (Fsp3) is 0.395. The molecule has 3 atom stereocenters. The third kappa shape index (κ3) is 8.99. The van der Waals surface area contributed by atoms with Crippen molar-refractivity contribution in [2.24, 2.45) is 17.1 Å². The lowest BCUT2D eigenvalue weighted by Gasteiger charge is -2.42. The number of aliphatic hydroxyl groups excluding tert-OH is 1. The number of primary amides is 1. The Hall–Kier alpha value is -4.21. The third-order valence-electron chi connectivity index (χ3n) is 8.70. The van der Waals surface area contributed by atoms with Crippen molar-refractivity contribution < 1.29 is 23.5 Å². The summed E-state index contributed by atoms with van der Waals surface area (Å²) in [5, 5.41) is 15.1. The number of rotatable bonds is 15. The standard InChI is InChI=1S/C38H46F2N4O3/c1-5-12-44(13-6-2)36(46)30-14-26(4)21-38(22-30,37(41)47)33(19-28-17-31(39)20-32(40)18-28)35(45)24-42-23-27-8-7-9-29(16-27)34-15-25(3)10-11-43-34/h7-11,14-18,20-21,33,35,42,45H,5-6,12-13,19,22-24H2,1-4H3,(H2,41,47)/t33-,35+,38?/m1/s1. The number of aliphatic hydroxyl groups is 1. The van der Waals surface area contributed by atoms with Crippen LogP contribution in [0.2, 0.25) is 0 Å². The van der Waals surface area contributed by atoms with E-state index in [9.17, 15) is 23.5 Å². The highest BCUT2D eigenvalue weighted by molar-refractivity contribution is 5.97. The summed E-state index contributed by atoms with van der Waals surface area (Å²) in [5.74, 6) is -3.33. The van der Waals surface area contributed by atoms with Gasteiger partial charge in [-0.2, -0.15) is 0 Å². The predicted molar refractivity (Wildman–Crippen MR) is 181 cm³/mol. The van der Waals surface area contributed by atoms with E-state index in [0.717, 1.165) is 41.3 Å². The van der Waals surface area contributed by atoms with Gasteiger partial charge >= 0.3 is 0 Å². The van der Waals surface area contributed by atoms with Gasteiger partial charge in [0.2, 0.25) is 11.8 Å². The van der Waals surface area contributed by atoms with E-state index in [1.54, 1.807) is 30.2 Å². The molecule has 3 aromatic rings. The summed E-state index contributed by atoms with van der Waals surface area (Å²) in [6.45, 7) is 9.38. The van der Waals surface area contributed by atoms with Crippen molar-refractivity contribution in [1.82, 2.24) is 15.2 Å². The van der Waals surface area contributed by atoms with Gasteiger partial charge in [-0.25, -0.2) is 8.78 Å². The zero-order valence-corrected chi connectivity index (χ0v) is 27.7. The van der Waals surface area contributed by atoms with Crippen LogP contribution in [-0.2, 0) is 22.6 Å². The Kier molecular flexibility index (Phi) is 12.2. The topological polar surface area (TPSA) is 109 Å². The summed E-state index contributed by atoms with van der Waals surface area (Å²) in [7, 11) is 0. The van der Waals surface area contributed by atoms with Crippen LogP contribution in [-0.4, -0.2) is 52.5 Å². The number of amides is 2. The second-order valence-corrected chi connectivity index (χ2v) is 12.6. The number of hydrogen-bond donors (Lipinski definition) is 3. The molecule has 4 rings (SSSR count). The van der Waals surface area contributed by atoms with Gasteiger partial charge < -0.3 is 21.1 Å². The minimum atomic E-state index is -1.49. The Morgan fingerprint density at radius 3 is 2.36 bits per heavy atom. The lowest BCUT2D eigenvalue weighted by Crippen LogP contribution is -2.51. The molecule has 1 aromatic heterocycles. The van der Waals surface area contributed by atoms with Crippen LogP contribution in [0.5, 0.6) is 0 Å². The highest BCUT2D eigenvalue weighted by Crippen LogP contribution is 2.44. The van der Waals surface area contributed by atoms with Crippen LogP contribution in [0.3, 0.4) is 0 Å². The van der Waals surface area contributed by atoms with Gasteiger partial charge in [0.1, 0.15) is 11.6 Å². The number of pyridine rings is 1. The number of aryl methyl sites for hydroxylation is 1. The number of hydrogen-bond acceptors (Lipinski definition) is 5. The molecule has 0 aliphatic heterocycles. The van der Waals surface area contributed by atoms with Crippen molar-refractivity contribution in [1.29, 1.82) is 0 Å². The lowest BCUT2D eigenvalue weighted by atomic mass is 9.63. The molecule has 0 saturated heterocycles. The molecule has 1 aliphatic rings. The van der Waals surface area contributed by atoms with E-state index in [0.29, 0.717) is 30.8 Å². The number of allylic oxidation sites excluding steroid dienone is 2. The fourth-order valence-corrected chi connectivity index (χ4v) is 6.60. The summed E-state index contributed by atoms with van der Waals surface area (Å²) in [4.78, 5) is 33.5. The van der Waals surface area contributed by atoms with Crippen molar-refractivity contribution in [2.45, 2.75) is 66.0 Å². The Morgan fingerprint density at radius 2 is 1.72 bits per heavy atom. The van der Waals surface area contributed by atoms with Crippen LogP contribution in [0.15, 0.2) is 84.1 Å². The van der Waals surface area contributed by atoms with Crippen LogP contribution in [0, 0.1) is 29.9 Å². The number of halogens is 2. The summed E-state index contributed by atoms with van der Waals surface area (Å²) in [5.41, 5.74) is 9.89.